The van der Waals surface area contributed by atoms with Gasteiger partial charge in [0.15, 0.2) is 5.78 Å². The summed E-state index contributed by atoms with van der Waals surface area (Å²) >= 11 is 5.82. The minimum atomic E-state index is -0.470. The van der Waals surface area contributed by atoms with Crippen molar-refractivity contribution in [3.63, 3.8) is 0 Å². The van der Waals surface area contributed by atoms with Gasteiger partial charge in [-0.15, -0.1) is 0 Å². The molecule has 0 saturated heterocycles. The van der Waals surface area contributed by atoms with Gasteiger partial charge >= 0.3 is 0 Å². The maximum Gasteiger partial charge on any atom is 0.223 e. The van der Waals surface area contributed by atoms with Gasteiger partial charge in [-0.1, -0.05) is 37.6 Å². The van der Waals surface area contributed by atoms with Crippen LogP contribution in [0, 0.1) is 5.92 Å². The van der Waals surface area contributed by atoms with Gasteiger partial charge in [-0.3, -0.25) is 9.59 Å². The first-order valence-corrected chi connectivity index (χ1v) is 6.87. The van der Waals surface area contributed by atoms with Gasteiger partial charge < -0.3 is 5.32 Å². The molecule has 4 heteroatoms. The Morgan fingerprint density at radius 3 is 2.32 bits per heavy atom. The normalized spacial score (nSPS) is 13.7. The summed E-state index contributed by atoms with van der Waals surface area (Å²) in [6, 6.07) is 6.83. The Kier molecular flexibility index (Phi) is 6.03. The fraction of sp³-hybridized carbons (Fsp3) is 0.467. The smallest absolute Gasteiger partial charge is 0.223 e. The van der Waals surface area contributed by atoms with E-state index in [1.165, 1.54) is 6.92 Å². The molecule has 3 nitrogen and oxygen atoms in total. The quantitative estimate of drug-likeness (QED) is 0.871. The number of benzene rings is 1. The number of amides is 1. The first-order valence-electron chi connectivity index (χ1n) is 6.49. The third-order valence-electron chi connectivity index (χ3n) is 3.22. The van der Waals surface area contributed by atoms with E-state index >= 15 is 0 Å². The topological polar surface area (TPSA) is 46.2 Å². The van der Waals surface area contributed by atoms with Gasteiger partial charge in [-0.05, 0) is 37.5 Å². The van der Waals surface area contributed by atoms with Crippen molar-refractivity contribution >= 4 is 23.3 Å². The van der Waals surface area contributed by atoms with Crippen LogP contribution in [0.25, 0.3) is 0 Å². The summed E-state index contributed by atoms with van der Waals surface area (Å²) in [5.41, 5.74) is 0.981. The van der Waals surface area contributed by atoms with Gasteiger partial charge in [0.2, 0.25) is 5.91 Å². The molecule has 0 radical (unpaired) electrons. The Morgan fingerprint density at radius 2 is 1.84 bits per heavy atom. The molecule has 1 N–H and O–H groups in total. The maximum atomic E-state index is 11.8. The fourth-order valence-electron chi connectivity index (χ4n) is 1.65. The van der Waals surface area contributed by atoms with Crippen LogP contribution >= 0.6 is 11.6 Å². The van der Waals surface area contributed by atoms with Crippen molar-refractivity contribution in [1.82, 2.24) is 5.32 Å². The van der Waals surface area contributed by atoms with Gasteiger partial charge in [0, 0.05) is 10.9 Å². The number of ketones is 1. The summed E-state index contributed by atoms with van der Waals surface area (Å²) < 4.78 is 0. The van der Waals surface area contributed by atoms with E-state index in [9.17, 15) is 9.59 Å². The zero-order valence-electron chi connectivity index (χ0n) is 11.6. The summed E-state index contributed by atoms with van der Waals surface area (Å²) in [5, 5.41) is 3.47. The van der Waals surface area contributed by atoms with Gasteiger partial charge in [0.05, 0.1) is 6.04 Å². The second-order valence-electron chi connectivity index (χ2n) is 4.81. The van der Waals surface area contributed by atoms with Crippen molar-refractivity contribution in [3.8, 4) is 0 Å². The monoisotopic (exact) mass is 281 g/mol. The van der Waals surface area contributed by atoms with Crippen LogP contribution in [0.3, 0.4) is 0 Å². The number of Topliss-reactive ketones (excluding diaryl/α,β-unsaturated/α-hetero) is 1. The van der Waals surface area contributed by atoms with Crippen LogP contribution < -0.4 is 5.32 Å². The number of nitrogens with one attached hydrogen (secondary N) is 1. The number of hydrogen-bond acceptors (Lipinski definition) is 2. The van der Waals surface area contributed by atoms with E-state index in [0.29, 0.717) is 11.4 Å². The van der Waals surface area contributed by atoms with E-state index < -0.39 is 6.04 Å². The van der Waals surface area contributed by atoms with E-state index in [0.717, 1.165) is 12.0 Å². The number of halogens is 1. The maximum absolute atomic E-state index is 11.8. The summed E-state index contributed by atoms with van der Waals surface area (Å²) in [7, 11) is 0. The lowest BCUT2D eigenvalue weighted by atomic mass is 10.0. The van der Waals surface area contributed by atoms with Crippen molar-refractivity contribution < 1.29 is 9.59 Å². The van der Waals surface area contributed by atoms with E-state index in [1.807, 2.05) is 26.0 Å². The predicted octanol–water partition coefficient (Wildman–Crippen LogP) is 3.00. The van der Waals surface area contributed by atoms with Crippen molar-refractivity contribution in [3.05, 3.63) is 34.9 Å². The highest BCUT2D eigenvalue weighted by molar-refractivity contribution is 6.30. The predicted molar refractivity (Wildman–Crippen MR) is 77.2 cm³/mol. The van der Waals surface area contributed by atoms with E-state index in [2.05, 4.69) is 5.32 Å². The molecule has 0 heterocycles. The SMILES string of the molecule is CC[C@H](C)C(=O)N[C@H](Cc1ccc(Cl)cc1)C(C)=O. The molecule has 0 saturated carbocycles. The van der Waals surface area contributed by atoms with Crippen LogP contribution in [0.1, 0.15) is 32.8 Å². The summed E-state index contributed by atoms with van der Waals surface area (Å²) in [4.78, 5) is 23.5. The minimum Gasteiger partial charge on any atom is -0.346 e. The molecule has 19 heavy (non-hydrogen) atoms. The first kappa shape index (κ1) is 15.7. The average Bonchev–Trinajstić information content (AvgIpc) is 2.39. The summed E-state index contributed by atoms with van der Waals surface area (Å²) in [6.07, 6.45) is 1.26. The van der Waals surface area contributed by atoms with Crippen LogP contribution in [-0.4, -0.2) is 17.7 Å². The molecule has 1 amide bonds. The van der Waals surface area contributed by atoms with Gasteiger partial charge in [0.1, 0.15) is 0 Å². The zero-order valence-corrected chi connectivity index (χ0v) is 12.3. The lowest BCUT2D eigenvalue weighted by molar-refractivity contribution is -0.129. The van der Waals surface area contributed by atoms with Gasteiger partial charge in [-0.25, -0.2) is 0 Å². The highest BCUT2D eigenvalue weighted by atomic mass is 35.5. The van der Waals surface area contributed by atoms with Crippen LogP contribution in [0.2, 0.25) is 5.02 Å². The highest BCUT2D eigenvalue weighted by Gasteiger charge is 2.20. The molecular weight excluding hydrogens is 262 g/mol. The third-order valence-corrected chi connectivity index (χ3v) is 3.47. The second-order valence-corrected chi connectivity index (χ2v) is 5.25. The largest absolute Gasteiger partial charge is 0.346 e. The second kappa shape index (κ2) is 7.29. The molecule has 0 aliphatic heterocycles. The molecule has 0 aromatic heterocycles. The van der Waals surface area contributed by atoms with Crippen molar-refractivity contribution in [2.45, 2.75) is 39.7 Å². The van der Waals surface area contributed by atoms with Crippen LogP contribution in [0.5, 0.6) is 0 Å². The lowest BCUT2D eigenvalue weighted by Gasteiger charge is -2.18. The standard InChI is InChI=1S/C15H20ClNO2/c1-4-10(2)15(19)17-14(11(3)18)9-12-5-7-13(16)8-6-12/h5-8,10,14H,4,9H2,1-3H3,(H,17,19)/t10-,14+/m0/s1. The third kappa shape index (κ3) is 5.03. The number of hydrogen-bond donors (Lipinski definition) is 1. The number of carbonyl (C=O) groups excluding carboxylic acids is 2. The zero-order chi connectivity index (χ0) is 14.4. The Labute approximate surface area is 119 Å². The fourth-order valence-corrected chi connectivity index (χ4v) is 1.78. The highest BCUT2D eigenvalue weighted by Crippen LogP contribution is 2.12. The minimum absolute atomic E-state index is 0.0356. The Morgan fingerprint density at radius 1 is 1.26 bits per heavy atom. The molecule has 1 aromatic carbocycles. The van der Waals surface area contributed by atoms with Crippen LogP contribution in [0.4, 0.5) is 0 Å². The van der Waals surface area contributed by atoms with Gasteiger partial charge in [-0.2, -0.15) is 0 Å². The average molecular weight is 282 g/mol. The lowest BCUT2D eigenvalue weighted by Crippen LogP contribution is -2.43. The molecular formula is C15H20ClNO2. The van der Waals surface area contributed by atoms with Crippen LogP contribution in [0.15, 0.2) is 24.3 Å². The Bertz CT molecular complexity index is 442. The van der Waals surface area contributed by atoms with Crippen molar-refractivity contribution in [2.75, 3.05) is 0 Å². The molecule has 0 aliphatic rings. The molecule has 0 unspecified atom stereocenters. The van der Waals surface area contributed by atoms with E-state index in [1.54, 1.807) is 12.1 Å². The van der Waals surface area contributed by atoms with E-state index in [-0.39, 0.29) is 17.6 Å². The molecule has 1 aromatic rings. The number of rotatable bonds is 6. The molecule has 0 bridgehead atoms. The van der Waals surface area contributed by atoms with E-state index in [4.69, 9.17) is 11.6 Å². The number of carbonyl (C=O) groups is 2. The molecule has 104 valence electrons. The summed E-state index contributed by atoms with van der Waals surface area (Å²) in [6.45, 7) is 5.30. The molecule has 0 aliphatic carbocycles. The molecule has 2 atom stereocenters. The molecule has 0 spiro atoms. The Balaban J connectivity index is 2.71. The molecule has 1 rings (SSSR count). The summed E-state index contributed by atoms with van der Waals surface area (Å²) in [5.74, 6) is -0.185. The first-order chi connectivity index (χ1) is 8.93. The van der Waals surface area contributed by atoms with Gasteiger partial charge in [0.25, 0.3) is 0 Å². The molecule has 0 fully saturated rings. The van der Waals surface area contributed by atoms with Crippen LogP contribution in [-0.2, 0) is 16.0 Å². The Hall–Kier alpha value is -1.35. The van der Waals surface area contributed by atoms with Crippen molar-refractivity contribution in [2.24, 2.45) is 5.92 Å². The van der Waals surface area contributed by atoms with Crippen molar-refractivity contribution in [1.29, 1.82) is 0 Å².